The molecule has 0 fully saturated rings. The number of rotatable bonds is 1. The van der Waals surface area contributed by atoms with E-state index in [4.69, 9.17) is 17.5 Å². The van der Waals surface area contributed by atoms with Gasteiger partial charge in [0.05, 0.1) is 27.1 Å². The SMILES string of the molecule is N#Cc1ccc(-n2c(=S)[nH]c3cc(Br)c(F)cc32)cc1. The highest BCUT2D eigenvalue weighted by atomic mass is 79.9. The summed E-state index contributed by atoms with van der Waals surface area (Å²) in [4.78, 5) is 3.04. The molecule has 1 N–H and O–H groups in total. The zero-order chi connectivity index (χ0) is 14.3. The average molecular weight is 348 g/mol. The summed E-state index contributed by atoms with van der Waals surface area (Å²) in [7, 11) is 0. The molecule has 0 aliphatic rings. The highest BCUT2D eigenvalue weighted by Gasteiger charge is 2.10. The normalized spacial score (nSPS) is 10.7. The van der Waals surface area contributed by atoms with Crippen molar-refractivity contribution in [1.82, 2.24) is 9.55 Å². The fourth-order valence-corrected chi connectivity index (χ4v) is 2.70. The first-order valence-corrected chi connectivity index (χ1v) is 6.90. The van der Waals surface area contributed by atoms with Gasteiger partial charge in [-0.1, -0.05) is 0 Å². The van der Waals surface area contributed by atoms with Crippen LogP contribution in [0.15, 0.2) is 40.9 Å². The molecule has 1 aromatic heterocycles. The van der Waals surface area contributed by atoms with Gasteiger partial charge in [0, 0.05) is 11.8 Å². The smallest absolute Gasteiger partial charge is 0.182 e. The van der Waals surface area contributed by atoms with E-state index in [1.807, 2.05) is 0 Å². The van der Waals surface area contributed by atoms with Crippen molar-refractivity contribution in [2.45, 2.75) is 0 Å². The number of halogens is 2. The number of aromatic nitrogens is 2. The first kappa shape index (κ1) is 13.0. The van der Waals surface area contributed by atoms with Gasteiger partial charge in [-0.2, -0.15) is 5.26 Å². The number of imidazole rings is 1. The van der Waals surface area contributed by atoms with E-state index in [0.29, 0.717) is 20.3 Å². The third kappa shape index (κ3) is 2.05. The minimum Gasteiger partial charge on any atom is -0.330 e. The monoisotopic (exact) mass is 347 g/mol. The van der Waals surface area contributed by atoms with Gasteiger partial charge in [0.15, 0.2) is 4.77 Å². The molecule has 0 aliphatic heterocycles. The standard InChI is InChI=1S/C14H7BrFN3S/c15-10-5-12-13(6-11(10)16)19(14(20)18-12)9-3-1-8(7-17)2-4-9/h1-6H,(H,18,20). The topological polar surface area (TPSA) is 44.5 Å². The molecule has 0 bridgehead atoms. The lowest BCUT2D eigenvalue weighted by molar-refractivity contribution is 0.622. The molecule has 3 rings (SSSR count). The molecular weight excluding hydrogens is 341 g/mol. The van der Waals surface area contributed by atoms with Gasteiger partial charge in [-0.15, -0.1) is 0 Å². The first-order chi connectivity index (χ1) is 9.60. The van der Waals surface area contributed by atoms with Crippen LogP contribution in [-0.4, -0.2) is 9.55 Å². The maximum atomic E-state index is 13.7. The van der Waals surface area contributed by atoms with E-state index in [9.17, 15) is 4.39 Å². The lowest BCUT2D eigenvalue weighted by Crippen LogP contribution is -1.94. The minimum absolute atomic E-state index is 0.353. The number of benzene rings is 2. The van der Waals surface area contributed by atoms with Crippen molar-refractivity contribution >= 4 is 39.2 Å². The van der Waals surface area contributed by atoms with Crippen LogP contribution >= 0.6 is 28.1 Å². The number of hydrogen-bond acceptors (Lipinski definition) is 2. The Balaban J connectivity index is 2.30. The highest BCUT2D eigenvalue weighted by molar-refractivity contribution is 9.10. The molecule has 2 aromatic carbocycles. The molecule has 0 spiro atoms. The fourth-order valence-electron chi connectivity index (χ4n) is 2.04. The number of nitrogens with zero attached hydrogens (tertiary/aromatic N) is 2. The Morgan fingerprint density at radius 3 is 2.60 bits per heavy atom. The van der Waals surface area contributed by atoms with Crippen molar-refractivity contribution in [3.63, 3.8) is 0 Å². The largest absolute Gasteiger partial charge is 0.330 e. The quantitative estimate of drug-likeness (QED) is 0.660. The zero-order valence-corrected chi connectivity index (χ0v) is 12.4. The van der Waals surface area contributed by atoms with Crippen molar-refractivity contribution in [2.75, 3.05) is 0 Å². The number of fused-ring (bicyclic) bond motifs is 1. The Morgan fingerprint density at radius 1 is 1.25 bits per heavy atom. The molecular formula is C14H7BrFN3S. The summed E-state index contributed by atoms with van der Waals surface area (Å²) in [6.07, 6.45) is 0. The summed E-state index contributed by atoms with van der Waals surface area (Å²) in [6.45, 7) is 0. The average Bonchev–Trinajstić information content (AvgIpc) is 2.75. The summed E-state index contributed by atoms with van der Waals surface area (Å²) in [5.41, 5.74) is 2.74. The molecule has 0 unspecified atom stereocenters. The molecule has 0 saturated heterocycles. The van der Waals surface area contributed by atoms with Crippen LogP contribution in [0, 0.1) is 21.9 Å². The van der Waals surface area contributed by atoms with Crippen LogP contribution in [0.2, 0.25) is 0 Å². The Labute approximate surface area is 127 Å². The molecule has 98 valence electrons. The molecule has 3 nitrogen and oxygen atoms in total. The summed E-state index contributed by atoms with van der Waals surface area (Å²) in [5, 5.41) is 8.81. The molecule has 3 aromatic rings. The van der Waals surface area contributed by atoms with Gasteiger partial charge in [-0.05, 0) is 58.5 Å². The minimum atomic E-state index is -0.353. The van der Waals surface area contributed by atoms with Gasteiger partial charge in [0.25, 0.3) is 0 Å². The second-order valence-electron chi connectivity index (χ2n) is 4.21. The second-order valence-corrected chi connectivity index (χ2v) is 5.45. The van der Waals surface area contributed by atoms with Crippen molar-refractivity contribution in [2.24, 2.45) is 0 Å². The molecule has 0 amide bonds. The van der Waals surface area contributed by atoms with Crippen molar-refractivity contribution in [1.29, 1.82) is 5.26 Å². The van der Waals surface area contributed by atoms with E-state index < -0.39 is 0 Å². The van der Waals surface area contributed by atoms with Crippen LogP contribution in [0.25, 0.3) is 16.7 Å². The molecule has 20 heavy (non-hydrogen) atoms. The van der Waals surface area contributed by atoms with Gasteiger partial charge < -0.3 is 4.98 Å². The maximum absolute atomic E-state index is 13.7. The van der Waals surface area contributed by atoms with Crippen molar-refractivity contribution in [3.05, 3.63) is 57.0 Å². The number of H-pyrrole nitrogens is 1. The summed E-state index contributed by atoms with van der Waals surface area (Å²) in [5.74, 6) is -0.353. The van der Waals surface area contributed by atoms with Crippen LogP contribution in [0.1, 0.15) is 5.56 Å². The number of aromatic amines is 1. The number of nitrogens with one attached hydrogen (secondary N) is 1. The molecule has 1 heterocycles. The molecule has 0 saturated carbocycles. The fraction of sp³-hybridized carbons (Fsp3) is 0. The predicted octanol–water partition coefficient (Wildman–Crippen LogP) is 4.46. The van der Waals surface area contributed by atoms with E-state index in [-0.39, 0.29) is 5.82 Å². The number of nitriles is 1. The summed E-state index contributed by atoms with van der Waals surface area (Å²) in [6, 6.07) is 12.1. The van der Waals surface area contributed by atoms with Crippen LogP contribution in [-0.2, 0) is 0 Å². The van der Waals surface area contributed by atoms with Crippen LogP contribution in [0.3, 0.4) is 0 Å². The molecule has 0 atom stereocenters. The van der Waals surface area contributed by atoms with Crippen molar-refractivity contribution < 1.29 is 4.39 Å². The second kappa shape index (κ2) is 4.85. The van der Waals surface area contributed by atoms with Gasteiger partial charge in [0.1, 0.15) is 5.82 Å². The molecule has 6 heteroatoms. The zero-order valence-electron chi connectivity index (χ0n) is 10.0. The lowest BCUT2D eigenvalue weighted by atomic mass is 10.2. The third-order valence-electron chi connectivity index (χ3n) is 2.98. The maximum Gasteiger partial charge on any atom is 0.182 e. The lowest BCUT2D eigenvalue weighted by Gasteiger charge is -2.05. The predicted molar refractivity (Wildman–Crippen MR) is 80.8 cm³/mol. The summed E-state index contributed by atoms with van der Waals surface area (Å²) < 4.78 is 16.3. The van der Waals surface area contributed by atoms with Gasteiger partial charge >= 0.3 is 0 Å². The van der Waals surface area contributed by atoms with Gasteiger partial charge in [-0.25, -0.2) is 4.39 Å². The van der Waals surface area contributed by atoms with Gasteiger partial charge in [-0.3, -0.25) is 4.57 Å². The highest BCUT2D eigenvalue weighted by Crippen LogP contribution is 2.25. The number of hydrogen-bond donors (Lipinski definition) is 1. The van der Waals surface area contributed by atoms with E-state index >= 15 is 0 Å². The van der Waals surface area contributed by atoms with Crippen LogP contribution in [0.4, 0.5) is 4.39 Å². The van der Waals surface area contributed by atoms with E-state index in [2.05, 4.69) is 27.0 Å². The van der Waals surface area contributed by atoms with E-state index in [1.165, 1.54) is 6.07 Å². The van der Waals surface area contributed by atoms with Crippen molar-refractivity contribution in [3.8, 4) is 11.8 Å². The first-order valence-electron chi connectivity index (χ1n) is 5.70. The van der Waals surface area contributed by atoms with E-state index in [1.54, 1.807) is 34.9 Å². The Kier molecular flexibility index (Phi) is 3.16. The Morgan fingerprint density at radius 2 is 1.95 bits per heavy atom. The Bertz CT molecular complexity index is 903. The third-order valence-corrected chi connectivity index (χ3v) is 3.87. The molecule has 0 aliphatic carbocycles. The molecule has 0 radical (unpaired) electrons. The summed E-state index contributed by atoms with van der Waals surface area (Å²) >= 11 is 8.44. The van der Waals surface area contributed by atoms with Crippen LogP contribution < -0.4 is 0 Å². The van der Waals surface area contributed by atoms with E-state index in [0.717, 1.165) is 11.2 Å². The van der Waals surface area contributed by atoms with Gasteiger partial charge in [0.2, 0.25) is 0 Å². The van der Waals surface area contributed by atoms with Crippen LogP contribution in [0.5, 0.6) is 0 Å². The Hall–Kier alpha value is -1.97.